The number of nitrogens with zero attached hydrogens (tertiary/aromatic N) is 2. The Morgan fingerprint density at radius 1 is 1.55 bits per heavy atom. The molecule has 0 aliphatic carbocycles. The van der Waals surface area contributed by atoms with Gasteiger partial charge in [0.1, 0.15) is 0 Å². The summed E-state index contributed by atoms with van der Waals surface area (Å²) in [6.45, 7) is 4.28. The maximum atomic E-state index is 12.4. The molecule has 0 bridgehead atoms. The van der Waals surface area contributed by atoms with Crippen LogP contribution >= 0.6 is 11.3 Å². The number of aryl methyl sites for hydroxylation is 1. The molecule has 1 aromatic heterocycles. The zero-order valence-electron chi connectivity index (χ0n) is 13.3. The summed E-state index contributed by atoms with van der Waals surface area (Å²) in [5, 5.41) is 2.99. The van der Waals surface area contributed by atoms with Gasteiger partial charge in [0.05, 0.1) is 28.8 Å². The molecule has 1 spiro atoms. The maximum Gasteiger partial charge on any atom is 0.228 e. The van der Waals surface area contributed by atoms with E-state index in [-0.39, 0.29) is 17.6 Å². The second kappa shape index (κ2) is 6.64. The molecule has 6 heteroatoms. The minimum Gasteiger partial charge on any atom is -0.378 e. The van der Waals surface area contributed by atoms with Gasteiger partial charge in [0.25, 0.3) is 0 Å². The number of amides is 1. The van der Waals surface area contributed by atoms with Gasteiger partial charge in [0.15, 0.2) is 0 Å². The molecule has 2 saturated heterocycles. The van der Waals surface area contributed by atoms with E-state index in [1.165, 1.54) is 0 Å². The number of aromatic nitrogens is 1. The first kappa shape index (κ1) is 15.9. The molecule has 1 atom stereocenters. The molecule has 1 aromatic rings. The number of ether oxygens (including phenoxy) is 2. The third kappa shape index (κ3) is 3.19. The number of piperidine rings is 1. The molecule has 5 nitrogen and oxygen atoms in total. The van der Waals surface area contributed by atoms with E-state index in [2.05, 4.69) is 4.98 Å². The van der Waals surface area contributed by atoms with E-state index in [0.717, 1.165) is 56.1 Å². The summed E-state index contributed by atoms with van der Waals surface area (Å²) in [7, 11) is 1.77. The van der Waals surface area contributed by atoms with Crippen molar-refractivity contribution >= 4 is 17.2 Å². The standard InChI is InChI=1S/C16H24N2O3S/c1-12-17-13(11-22-12)10-15(19)18-7-5-16(6-8-18)14(20-2)4-3-9-21-16/h11,14H,3-10H2,1-2H3. The minimum absolute atomic E-state index is 0.166. The van der Waals surface area contributed by atoms with Crippen LogP contribution in [0.3, 0.4) is 0 Å². The lowest BCUT2D eigenvalue weighted by molar-refractivity contribution is -0.188. The maximum absolute atomic E-state index is 12.4. The summed E-state index contributed by atoms with van der Waals surface area (Å²) in [4.78, 5) is 18.7. The van der Waals surface area contributed by atoms with Crippen LogP contribution in [0.1, 0.15) is 36.4 Å². The Balaban J connectivity index is 1.57. The Bertz CT molecular complexity index is 523. The first-order chi connectivity index (χ1) is 10.6. The summed E-state index contributed by atoms with van der Waals surface area (Å²) in [6, 6.07) is 0. The van der Waals surface area contributed by atoms with E-state index in [9.17, 15) is 4.79 Å². The largest absolute Gasteiger partial charge is 0.378 e. The quantitative estimate of drug-likeness (QED) is 0.855. The highest BCUT2D eigenvalue weighted by Gasteiger charge is 2.45. The summed E-state index contributed by atoms with van der Waals surface area (Å²) in [5.74, 6) is 0.171. The molecule has 3 heterocycles. The normalized spacial score (nSPS) is 24.6. The molecule has 22 heavy (non-hydrogen) atoms. The zero-order valence-corrected chi connectivity index (χ0v) is 14.2. The monoisotopic (exact) mass is 324 g/mol. The number of thiazole rings is 1. The lowest BCUT2D eigenvalue weighted by Crippen LogP contribution is -2.56. The van der Waals surface area contributed by atoms with Gasteiger partial charge in [-0.3, -0.25) is 4.79 Å². The molecule has 2 aliphatic heterocycles. The van der Waals surface area contributed by atoms with Crippen molar-refractivity contribution in [1.82, 2.24) is 9.88 Å². The van der Waals surface area contributed by atoms with Crippen LogP contribution < -0.4 is 0 Å². The summed E-state index contributed by atoms with van der Waals surface area (Å²) < 4.78 is 11.7. The van der Waals surface area contributed by atoms with Gasteiger partial charge in [0, 0.05) is 32.2 Å². The Labute approximate surface area is 135 Å². The van der Waals surface area contributed by atoms with Crippen molar-refractivity contribution in [1.29, 1.82) is 0 Å². The predicted molar refractivity (Wildman–Crippen MR) is 85.1 cm³/mol. The number of rotatable bonds is 3. The van der Waals surface area contributed by atoms with Crippen molar-refractivity contribution in [3.05, 3.63) is 16.1 Å². The molecule has 0 N–H and O–H groups in total. The SMILES string of the molecule is COC1CCCOC12CCN(C(=O)Cc1csc(C)n1)CC2. The van der Waals surface area contributed by atoms with Crippen molar-refractivity contribution in [2.45, 2.75) is 50.7 Å². The number of carbonyl (C=O) groups excluding carboxylic acids is 1. The van der Waals surface area contributed by atoms with Crippen LogP contribution in [-0.2, 0) is 20.7 Å². The van der Waals surface area contributed by atoms with E-state index in [4.69, 9.17) is 9.47 Å². The van der Waals surface area contributed by atoms with Crippen LogP contribution in [0.5, 0.6) is 0 Å². The molecule has 1 unspecified atom stereocenters. The van der Waals surface area contributed by atoms with Gasteiger partial charge in [-0.25, -0.2) is 4.98 Å². The van der Waals surface area contributed by atoms with Crippen LogP contribution in [-0.4, -0.2) is 54.3 Å². The molecule has 2 aliphatic rings. The lowest BCUT2D eigenvalue weighted by atomic mass is 9.81. The second-order valence-electron chi connectivity index (χ2n) is 6.20. The Hall–Kier alpha value is -0.980. The number of hydrogen-bond donors (Lipinski definition) is 0. The molecule has 122 valence electrons. The highest BCUT2D eigenvalue weighted by atomic mass is 32.1. The van der Waals surface area contributed by atoms with Gasteiger partial charge in [-0.2, -0.15) is 0 Å². The summed E-state index contributed by atoms with van der Waals surface area (Å²) in [5.41, 5.74) is 0.706. The second-order valence-corrected chi connectivity index (χ2v) is 7.26. The fourth-order valence-electron chi connectivity index (χ4n) is 3.59. The van der Waals surface area contributed by atoms with Crippen molar-refractivity contribution in [3.8, 4) is 0 Å². The summed E-state index contributed by atoms with van der Waals surface area (Å²) >= 11 is 1.60. The Morgan fingerprint density at radius 2 is 2.32 bits per heavy atom. The van der Waals surface area contributed by atoms with Gasteiger partial charge in [0.2, 0.25) is 5.91 Å². The van der Waals surface area contributed by atoms with Crippen LogP contribution in [0.4, 0.5) is 0 Å². The van der Waals surface area contributed by atoms with Gasteiger partial charge in [-0.1, -0.05) is 0 Å². The zero-order chi connectivity index (χ0) is 15.6. The van der Waals surface area contributed by atoms with Crippen molar-refractivity contribution in [3.63, 3.8) is 0 Å². The van der Waals surface area contributed by atoms with Gasteiger partial charge in [-0.05, 0) is 32.6 Å². The lowest BCUT2D eigenvalue weighted by Gasteiger charge is -2.48. The van der Waals surface area contributed by atoms with Crippen LogP contribution in [0.2, 0.25) is 0 Å². The van der Waals surface area contributed by atoms with E-state index in [0.29, 0.717) is 6.42 Å². The van der Waals surface area contributed by atoms with E-state index in [1.807, 2.05) is 17.2 Å². The molecular formula is C16H24N2O3S. The average Bonchev–Trinajstić information content (AvgIpc) is 2.93. The first-order valence-electron chi connectivity index (χ1n) is 7.98. The number of hydrogen-bond acceptors (Lipinski definition) is 5. The highest BCUT2D eigenvalue weighted by Crippen LogP contribution is 2.36. The molecule has 0 saturated carbocycles. The first-order valence-corrected chi connectivity index (χ1v) is 8.86. The Morgan fingerprint density at radius 3 is 2.95 bits per heavy atom. The topological polar surface area (TPSA) is 51.7 Å². The fraction of sp³-hybridized carbons (Fsp3) is 0.750. The molecule has 2 fully saturated rings. The van der Waals surface area contributed by atoms with E-state index < -0.39 is 0 Å². The predicted octanol–water partition coefficient (Wildman–Crippen LogP) is 2.18. The summed E-state index contributed by atoms with van der Waals surface area (Å²) in [6.07, 6.45) is 4.43. The molecule has 0 aromatic carbocycles. The van der Waals surface area contributed by atoms with Crippen LogP contribution in [0, 0.1) is 6.92 Å². The fourth-order valence-corrected chi connectivity index (χ4v) is 4.20. The number of methoxy groups -OCH3 is 1. The number of likely N-dealkylation sites (tertiary alicyclic amines) is 1. The third-order valence-corrected chi connectivity index (χ3v) is 5.66. The molecule has 3 rings (SSSR count). The van der Waals surface area contributed by atoms with Gasteiger partial charge >= 0.3 is 0 Å². The van der Waals surface area contributed by atoms with Crippen molar-refractivity contribution < 1.29 is 14.3 Å². The molecule has 1 amide bonds. The molecule has 0 radical (unpaired) electrons. The minimum atomic E-state index is -0.180. The highest BCUT2D eigenvalue weighted by molar-refractivity contribution is 7.09. The van der Waals surface area contributed by atoms with Crippen LogP contribution in [0.15, 0.2) is 5.38 Å². The van der Waals surface area contributed by atoms with Gasteiger partial charge < -0.3 is 14.4 Å². The average molecular weight is 324 g/mol. The number of carbonyl (C=O) groups is 1. The van der Waals surface area contributed by atoms with Gasteiger partial charge in [-0.15, -0.1) is 11.3 Å². The van der Waals surface area contributed by atoms with E-state index >= 15 is 0 Å². The smallest absolute Gasteiger partial charge is 0.228 e. The van der Waals surface area contributed by atoms with Crippen molar-refractivity contribution in [2.24, 2.45) is 0 Å². The van der Waals surface area contributed by atoms with Crippen LogP contribution in [0.25, 0.3) is 0 Å². The van der Waals surface area contributed by atoms with E-state index in [1.54, 1.807) is 18.4 Å². The Kier molecular flexibility index (Phi) is 4.80. The molecular weight excluding hydrogens is 300 g/mol. The van der Waals surface area contributed by atoms with Crippen molar-refractivity contribution in [2.75, 3.05) is 26.8 Å². The third-order valence-electron chi connectivity index (χ3n) is 4.83.